The number of aliphatic carboxylic acids is 1. The summed E-state index contributed by atoms with van der Waals surface area (Å²) in [7, 11) is 0. The Balaban J connectivity index is 1.89. The van der Waals surface area contributed by atoms with Crippen molar-refractivity contribution in [3.05, 3.63) is 64.7 Å². The summed E-state index contributed by atoms with van der Waals surface area (Å²) in [5.74, 6) is -0.895. The minimum absolute atomic E-state index is 0.128. The van der Waals surface area contributed by atoms with Crippen LogP contribution in [-0.4, -0.2) is 35.3 Å². The van der Waals surface area contributed by atoms with Crippen LogP contribution < -0.4 is 0 Å². The van der Waals surface area contributed by atoms with E-state index in [0.717, 1.165) is 18.1 Å². The maximum absolute atomic E-state index is 11.2. The Morgan fingerprint density at radius 2 is 1.60 bits per heavy atom. The molecule has 0 bridgehead atoms. The molecule has 1 atom stereocenters. The van der Waals surface area contributed by atoms with Crippen molar-refractivity contribution in [1.82, 2.24) is 4.90 Å². The Hall–Kier alpha value is -1.49. The van der Waals surface area contributed by atoms with E-state index in [9.17, 15) is 9.90 Å². The number of likely N-dealkylation sites (tertiary alicyclic amines) is 1. The molecular weight excluding hydrogens is 354 g/mol. The number of hydrogen-bond donors (Lipinski definition) is 1. The number of benzene rings is 2. The molecule has 0 aromatic heterocycles. The number of rotatable bonds is 5. The lowest BCUT2D eigenvalue weighted by Crippen LogP contribution is -2.39. The van der Waals surface area contributed by atoms with E-state index in [1.807, 2.05) is 12.1 Å². The molecule has 0 saturated carbocycles. The molecule has 25 heavy (non-hydrogen) atoms. The largest absolute Gasteiger partial charge is 0.481 e. The number of carbonyl (C=O) groups is 1. The van der Waals surface area contributed by atoms with Gasteiger partial charge in [0, 0.05) is 9.92 Å². The van der Waals surface area contributed by atoms with Crippen molar-refractivity contribution in [3.63, 3.8) is 0 Å². The minimum atomic E-state index is -0.674. The summed E-state index contributed by atoms with van der Waals surface area (Å²) < 4.78 is 0. The molecule has 1 N–H and O–H groups in total. The summed E-state index contributed by atoms with van der Waals surface area (Å²) in [4.78, 5) is 14.9. The predicted octanol–water partition coefficient (Wildman–Crippen LogP) is 4.95. The first kappa shape index (κ1) is 18.3. The highest BCUT2D eigenvalue weighted by Crippen LogP contribution is 2.33. The van der Waals surface area contributed by atoms with Gasteiger partial charge in [0.05, 0.1) is 12.0 Å². The molecule has 5 heteroatoms. The summed E-state index contributed by atoms with van der Waals surface area (Å²) in [6.45, 7) is 1.57. The summed E-state index contributed by atoms with van der Waals surface area (Å²) in [5, 5.41) is 9.98. The second-order valence-electron chi connectivity index (χ2n) is 6.38. The van der Waals surface area contributed by atoms with Gasteiger partial charge < -0.3 is 5.11 Å². The molecule has 0 amide bonds. The molecule has 0 aliphatic carbocycles. The van der Waals surface area contributed by atoms with Gasteiger partial charge in [-0.2, -0.15) is 0 Å². The van der Waals surface area contributed by atoms with Gasteiger partial charge in [0.15, 0.2) is 0 Å². The monoisotopic (exact) mass is 375 g/mol. The van der Waals surface area contributed by atoms with E-state index in [2.05, 4.69) is 47.6 Å². The number of carboxylic acids is 1. The van der Waals surface area contributed by atoms with Crippen molar-refractivity contribution < 1.29 is 9.90 Å². The van der Waals surface area contributed by atoms with Crippen LogP contribution in [0.15, 0.2) is 53.4 Å². The Morgan fingerprint density at radius 1 is 1.08 bits per heavy atom. The van der Waals surface area contributed by atoms with Gasteiger partial charge in [-0.05, 0) is 67.6 Å². The fraction of sp³-hybridized carbons (Fsp3) is 0.350. The molecule has 1 fully saturated rings. The first-order valence-corrected chi connectivity index (χ1v) is 10.0. The number of hydrogen-bond acceptors (Lipinski definition) is 3. The standard InChI is InChI=1S/C20H22ClNO2S/c1-25-18-8-4-15(5-9-18)19(14-2-6-17(21)7-3-14)22-12-10-16(11-13-22)20(23)24/h2-9,16,19H,10-13H2,1H3,(H,23,24). The molecule has 1 aliphatic heterocycles. The van der Waals surface area contributed by atoms with E-state index < -0.39 is 5.97 Å². The van der Waals surface area contributed by atoms with Crippen LogP contribution in [0.4, 0.5) is 0 Å². The lowest BCUT2D eigenvalue weighted by Gasteiger charge is -2.37. The second kappa shape index (κ2) is 8.26. The molecule has 1 aliphatic rings. The Kier molecular flexibility index (Phi) is 6.05. The number of piperidine rings is 1. The lowest BCUT2D eigenvalue weighted by molar-refractivity contribution is -0.143. The van der Waals surface area contributed by atoms with E-state index in [4.69, 9.17) is 11.6 Å². The van der Waals surface area contributed by atoms with Crippen molar-refractivity contribution in [3.8, 4) is 0 Å². The molecule has 1 unspecified atom stereocenters. The Bertz CT molecular complexity index is 709. The smallest absolute Gasteiger partial charge is 0.306 e. The van der Waals surface area contributed by atoms with Gasteiger partial charge in [-0.3, -0.25) is 9.69 Å². The zero-order chi connectivity index (χ0) is 17.8. The second-order valence-corrected chi connectivity index (χ2v) is 7.69. The quantitative estimate of drug-likeness (QED) is 0.751. The van der Waals surface area contributed by atoms with Gasteiger partial charge in [-0.25, -0.2) is 0 Å². The fourth-order valence-corrected chi connectivity index (χ4v) is 3.98. The third-order valence-electron chi connectivity index (χ3n) is 4.86. The van der Waals surface area contributed by atoms with Crippen LogP contribution in [-0.2, 0) is 4.79 Å². The van der Waals surface area contributed by atoms with Crippen molar-refractivity contribution >= 4 is 29.3 Å². The van der Waals surface area contributed by atoms with Crippen LogP contribution in [0.2, 0.25) is 5.02 Å². The summed E-state index contributed by atoms with van der Waals surface area (Å²) in [5.41, 5.74) is 2.42. The number of carboxylic acid groups (broad SMARTS) is 1. The van der Waals surface area contributed by atoms with Gasteiger partial charge in [-0.1, -0.05) is 35.9 Å². The van der Waals surface area contributed by atoms with E-state index >= 15 is 0 Å². The molecule has 3 rings (SSSR count). The van der Waals surface area contributed by atoms with Gasteiger partial charge in [0.1, 0.15) is 0 Å². The van der Waals surface area contributed by atoms with E-state index in [0.29, 0.717) is 12.8 Å². The van der Waals surface area contributed by atoms with E-state index in [-0.39, 0.29) is 12.0 Å². The van der Waals surface area contributed by atoms with Crippen molar-refractivity contribution in [2.75, 3.05) is 19.3 Å². The average molecular weight is 376 g/mol. The molecule has 132 valence electrons. The van der Waals surface area contributed by atoms with Crippen molar-refractivity contribution in [2.45, 2.75) is 23.8 Å². The highest BCUT2D eigenvalue weighted by Gasteiger charge is 2.30. The Labute approximate surface area is 158 Å². The number of halogens is 1. The highest BCUT2D eigenvalue weighted by atomic mass is 35.5. The minimum Gasteiger partial charge on any atom is -0.481 e. The number of thioether (sulfide) groups is 1. The molecule has 1 heterocycles. The molecule has 0 radical (unpaired) electrons. The third kappa shape index (κ3) is 4.38. The molecule has 2 aromatic carbocycles. The first-order chi connectivity index (χ1) is 12.1. The van der Waals surface area contributed by atoms with Gasteiger partial charge >= 0.3 is 5.97 Å². The molecule has 3 nitrogen and oxygen atoms in total. The molecular formula is C20H22ClNO2S. The average Bonchev–Trinajstić information content (AvgIpc) is 2.64. The lowest BCUT2D eigenvalue weighted by atomic mass is 9.91. The topological polar surface area (TPSA) is 40.5 Å². The summed E-state index contributed by atoms with van der Waals surface area (Å²) in [6, 6.07) is 16.7. The third-order valence-corrected chi connectivity index (χ3v) is 5.86. The molecule has 1 saturated heterocycles. The molecule has 2 aromatic rings. The SMILES string of the molecule is CSc1ccc(C(c2ccc(Cl)cc2)N2CCC(C(=O)O)CC2)cc1. The van der Waals surface area contributed by atoms with Gasteiger partial charge in [0.2, 0.25) is 0 Å². The maximum atomic E-state index is 11.2. The van der Waals surface area contributed by atoms with Crippen molar-refractivity contribution in [1.29, 1.82) is 0 Å². The zero-order valence-corrected chi connectivity index (χ0v) is 15.8. The highest BCUT2D eigenvalue weighted by molar-refractivity contribution is 7.98. The van der Waals surface area contributed by atoms with Gasteiger partial charge in [-0.15, -0.1) is 11.8 Å². The van der Waals surface area contributed by atoms with Crippen molar-refractivity contribution in [2.24, 2.45) is 5.92 Å². The van der Waals surface area contributed by atoms with Crippen LogP contribution in [0, 0.1) is 5.92 Å². The first-order valence-electron chi connectivity index (χ1n) is 8.44. The summed E-state index contributed by atoms with van der Waals surface area (Å²) in [6.07, 6.45) is 3.47. The fourth-order valence-electron chi connectivity index (χ4n) is 3.45. The zero-order valence-electron chi connectivity index (χ0n) is 14.2. The van der Waals surface area contributed by atoms with Crippen LogP contribution in [0.1, 0.15) is 30.0 Å². The predicted molar refractivity (Wildman–Crippen MR) is 103 cm³/mol. The maximum Gasteiger partial charge on any atom is 0.306 e. The van der Waals surface area contributed by atoms with E-state index in [1.165, 1.54) is 16.0 Å². The van der Waals surface area contributed by atoms with Gasteiger partial charge in [0.25, 0.3) is 0 Å². The molecule has 0 spiro atoms. The van der Waals surface area contributed by atoms with Crippen LogP contribution in [0.3, 0.4) is 0 Å². The Morgan fingerprint density at radius 3 is 2.08 bits per heavy atom. The number of nitrogens with zero attached hydrogens (tertiary/aromatic N) is 1. The van der Waals surface area contributed by atoms with Crippen LogP contribution >= 0.6 is 23.4 Å². The van der Waals surface area contributed by atoms with Crippen LogP contribution in [0.5, 0.6) is 0 Å². The summed E-state index contributed by atoms with van der Waals surface area (Å²) >= 11 is 7.79. The van der Waals surface area contributed by atoms with Crippen LogP contribution in [0.25, 0.3) is 0 Å². The van der Waals surface area contributed by atoms with E-state index in [1.54, 1.807) is 11.8 Å². The normalized spacial score (nSPS) is 17.4.